The summed E-state index contributed by atoms with van der Waals surface area (Å²) in [5.74, 6) is -0.269. The van der Waals surface area contributed by atoms with Gasteiger partial charge in [0.05, 0.1) is 0 Å². The Kier molecular flexibility index (Phi) is 1.57. The molecule has 0 aliphatic carbocycles. The van der Waals surface area contributed by atoms with Gasteiger partial charge in [-0.3, -0.25) is 15.8 Å². The van der Waals surface area contributed by atoms with E-state index in [4.69, 9.17) is 10.6 Å². The molecule has 0 aromatic heterocycles. The third kappa shape index (κ3) is 1.06. The highest BCUT2D eigenvalue weighted by Crippen LogP contribution is 2.19. The number of hydrogen-bond donors (Lipinski definition) is 4. The van der Waals surface area contributed by atoms with E-state index in [1.165, 1.54) is 0 Å². The van der Waals surface area contributed by atoms with Gasteiger partial charge in [0, 0.05) is 0 Å². The van der Waals surface area contributed by atoms with Crippen molar-refractivity contribution in [1.82, 2.24) is 10.5 Å². The molecule has 0 amide bonds. The van der Waals surface area contributed by atoms with Gasteiger partial charge in [0.15, 0.2) is 17.3 Å². The van der Waals surface area contributed by atoms with Crippen molar-refractivity contribution in [3.63, 3.8) is 0 Å². The zero-order chi connectivity index (χ0) is 8.65. The van der Waals surface area contributed by atoms with Gasteiger partial charge in [0.25, 0.3) is 0 Å². The van der Waals surface area contributed by atoms with Crippen molar-refractivity contribution < 1.29 is 10.4 Å². The molecule has 6 heteroatoms. The first-order chi connectivity index (χ1) is 4.99. The molecule has 62 valence electrons. The van der Waals surface area contributed by atoms with Gasteiger partial charge in [-0.15, -0.1) is 0 Å². The van der Waals surface area contributed by atoms with Crippen molar-refractivity contribution in [1.29, 1.82) is 5.41 Å². The molecule has 6 nitrogen and oxygen atoms in total. The maximum atomic E-state index is 9.17. The van der Waals surface area contributed by atoms with Crippen molar-refractivity contribution in [2.45, 2.75) is 19.5 Å². The molecule has 4 N–H and O–H groups in total. The molecule has 0 fully saturated rings. The Morgan fingerprint density at radius 3 is 2.36 bits per heavy atom. The Bertz CT molecular complexity index is 223. The Labute approximate surface area is 63.6 Å². The summed E-state index contributed by atoms with van der Waals surface area (Å²) in [4.78, 5) is 3.81. The Hall–Kier alpha value is -1.14. The average molecular weight is 158 g/mol. The molecule has 0 spiro atoms. The molecule has 1 heterocycles. The third-order valence-electron chi connectivity index (χ3n) is 1.45. The van der Waals surface area contributed by atoms with Crippen LogP contribution in [-0.2, 0) is 0 Å². The fourth-order valence-electron chi connectivity index (χ4n) is 0.826. The van der Waals surface area contributed by atoms with Gasteiger partial charge in [0.1, 0.15) is 0 Å². The predicted molar refractivity (Wildman–Crippen MR) is 37.8 cm³/mol. The summed E-state index contributed by atoms with van der Waals surface area (Å²) in [5, 5.41) is 25.5. The lowest BCUT2D eigenvalue weighted by atomic mass is 10.3. The van der Waals surface area contributed by atoms with Crippen LogP contribution >= 0.6 is 0 Å². The molecule has 11 heavy (non-hydrogen) atoms. The van der Waals surface area contributed by atoms with Crippen LogP contribution in [0, 0.1) is 5.41 Å². The lowest BCUT2D eigenvalue weighted by Gasteiger charge is -2.22. The standard InChI is InChI=1S/C5H10N4O2/c1-5(2)7-4(8-10)3(6)9(5)11/h6,10-11H,1-2H3,(H,7,8). The second-order valence-electron chi connectivity index (χ2n) is 2.73. The van der Waals surface area contributed by atoms with Crippen LogP contribution < -0.4 is 5.48 Å². The normalized spacial score (nSPS) is 22.0. The minimum absolute atomic E-state index is 0.0301. The highest BCUT2D eigenvalue weighted by Gasteiger charge is 2.36. The number of rotatable bonds is 0. The van der Waals surface area contributed by atoms with Crippen LogP contribution in [0.2, 0.25) is 0 Å². The molecule has 0 bridgehead atoms. The molecule has 1 aliphatic rings. The van der Waals surface area contributed by atoms with Crippen LogP contribution in [0.1, 0.15) is 13.8 Å². The molecule has 0 saturated carbocycles. The van der Waals surface area contributed by atoms with Crippen molar-refractivity contribution in [3.05, 3.63) is 0 Å². The van der Waals surface area contributed by atoms with Crippen LogP contribution in [0.5, 0.6) is 0 Å². The monoisotopic (exact) mass is 158 g/mol. The summed E-state index contributed by atoms with van der Waals surface area (Å²) in [6.07, 6.45) is 0. The number of aliphatic imine (C=N–C) groups is 1. The topological polar surface area (TPSA) is 91.9 Å². The van der Waals surface area contributed by atoms with Gasteiger partial charge in [0.2, 0.25) is 0 Å². The van der Waals surface area contributed by atoms with Crippen LogP contribution in [0.25, 0.3) is 0 Å². The quantitative estimate of drug-likeness (QED) is 0.367. The molecule has 0 atom stereocenters. The van der Waals surface area contributed by atoms with E-state index in [9.17, 15) is 5.21 Å². The SMILES string of the molecule is CC1(C)N=C(NO)C(=N)N1O. The van der Waals surface area contributed by atoms with E-state index in [2.05, 4.69) is 4.99 Å². The fourth-order valence-corrected chi connectivity index (χ4v) is 0.826. The minimum atomic E-state index is -0.873. The van der Waals surface area contributed by atoms with Gasteiger partial charge in [-0.25, -0.2) is 15.5 Å². The lowest BCUT2D eigenvalue weighted by Crippen LogP contribution is -2.40. The second-order valence-corrected chi connectivity index (χ2v) is 2.73. The highest BCUT2D eigenvalue weighted by atomic mass is 16.5. The summed E-state index contributed by atoms with van der Waals surface area (Å²) in [6.45, 7) is 3.23. The van der Waals surface area contributed by atoms with E-state index in [-0.39, 0.29) is 11.7 Å². The first-order valence-electron chi connectivity index (χ1n) is 3.07. The van der Waals surface area contributed by atoms with Gasteiger partial charge in [-0.05, 0) is 13.8 Å². The molecule has 0 aromatic rings. The molecule has 1 aliphatic heterocycles. The van der Waals surface area contributed by atoms with Crippen molar-refractivity contribution in [2.24, 2.45) is 4.99 Å². The molecule has 0 unspecified atom stereocenters. The van der Waals surface area contributed by atoms with Gasteiger partial charge < -0.3 is 0 Å². The number of amidine groups is 2. The summed E-state index contributed by atoms with van der Waals surface area (Å²) in [6, 6.07) is 0. The highest BCUT2D eigenvalue weighted by molar-refractivity contribution is 6.39. The molecular weight excluding hydrogens is 148 g/mol. The first-order valence-corrected chi connectivity index (χ1v) is 3.07. The van der Waals surface area contributed by atoms with Crippen molar-refractivity contribution >= 4 is 11.7 Å². The summed E-state index contributed by atoms with van der Waals surface area (Å²) < 4.78 is 0. The maximum Gasteiger partial charge on any atom is 0.192 e. The lowest BCUT2D eigenvalue weighted by molar-refractivity contribution is -0.0814. The van der Waals surface area contributed by atoms with Crippen LogP contribution in [0.15, 0.2) is 4.99 Å². The van der Waals surface area contributed by atoms with E-state index < -0.39 is 5.66 Å². The van der Waals surface area contributed by atoms with Crippen LogP contribution in [0.4, 0.5) is 0 Å². The van der Waals surface area contributed by atoms with Gasteiger partial charge in [-0.1, -0.05) is 0 Å². The molecule has 1 rings (SSSR count). The molecule has 0 saturated heterocycles. The van der Waals surface area contributed by atoms with E-state index in [1.54, 1.807) is 19.3 Å². The Morgan fingerprint density at radius 2 is 2.18 bits per heavy atom. The van der Waals surface area contributed by atoms with E-state index in [1.807, 2.05) is 0 Å². The number of nitrogens with one attached hydrogen (secondary N) is 2. The molecular formula is C5H10N4O2. The van der Waals surface area contributed by atoms with Gasteiger partial charge in [-0.2, -0.15) is 0 Å². The summed E-state index contributed by atoms with van der Waals surface area (Å²) in [5.41, 5.74) is 0.851. The third-order valence-corrected chi connectivity index (χ3v) is 1.45. The predicted octanol–water partition coefficient (Wildman–Crippen LogP) is -0.218. The van der Waals surface area contributed by atoms with E-state index in [0.29, 0.717) is 5.06 Å². The minimum Gasteiger partial charge on any atom is -0.290 e. The number of nitrogens with zero attached hydrogens (tertiary/aromatic N) is 2. The van der Waals surface area contributed by atoms with Gasteiger partial charge >= 0.3 is 0 Å². The largest absolute Gasteiger partial charge is 0.290 e. The smallest absolute Gasteiger partial charge is 0.192 e. The van der Waals surface area contributed by atoms with Crippen molar-refractivity contribution in [2.75, 3.05) is 0 Å². The zero-order valence-corrected chi connectivity index (χ0v) is 6.29. The first kappa shape index (κ1) is 7.96. The summed E-state index contributed by atoms with van der Waals surface area (Å²) >= 11 is 0. The average Bonchev–Trinajstić information content (AvgIpc) is 2.13. The van der Waals surface area contributed by atoms with E-state index >= 15 is 0 Å². The summed E-state index contributed by atoms with van der Waals surface area (Å²) in [7, 11) is 0. The second kappa shape index (κ2) is 2.18. The zero-order valence-electron chi connectivity index (χ0n) is 6.29. The Morgan fingerprint density at radius 1 is 1.64 bits per heavy atom. The van der Waals surface area contributed by atoms with Crippen molar-refractivity contribution in [3.8, 4) is 0 Å². The van der Waals surface area contributed by atoms with Crippen LogP contribution in [-0.4, -0.2) is 32.8 Å². The Balaban J connectivity index is 2.95. The number of hydrogen-bond acceptors (Lipinski definition) is 5. The maximum absolute atomic E-state index is 9.17. The fraction of sp³-hybridized carbons (Fsp3) is 0.600. The van der Waals surface area contributed by atoms with E-state index in [0.717, 1.165) is 0 Å². The molecule has 0 aromatic carbocycles. The number of hydroxylamine groups is 3. The molecule has 0 radical (unpaired) electrons. The van der Waals surface area contributed by atoms with Crippen LogP contribution in [0.3, 0.4) is 0 Å².